The first-order valence-corrected chi connectivity index (χ1v) is 17.2. The van der Waals surface area contributed by atoms with Crippen molar-refractivity contribution in [3.05, 3.63) is 47.0 Å². The Balaban J connectivity index is 2.72. The Labute approximate surface area is 219 Å². The lowest BCUT2D eigenvalue weighted by Gasteiger charge is -2.32. The molecule has 0 N–H and O–H groups in total. The summed E-state index contributed by atoms with van der Waals surface area (Å²) in [4.78, 5) is 10.2. The number of rotatable bonds is 19. The maximum absolute atomic E-state index is 12.9. The monoisotopic (exact) mass is 536 g/mol. The van der Waals surface area contributed by atoms with E-state index in [4.69, 9.17) is 4.43 Å². The Bertz CT molecular complexity index is 933. The van der Waals surface area contributed by atoms with Crippen molar-refractivity contribution in [3.63, 3.8) is 0 Å². The lowest BCUT2D eigenvalue weighted by Crippen LogP contribution is -2.38. The summed E-state index contributed by atoms with van der Waals surface area (Å²) in [5.74, 6) is 2.97. The van der Waals surface area contributed by atoms with E-state index in [1.54, 1.807) is 0 Å². The molecule has 0 aliphatic rings. The zero-order chi connectivity index (χ0) is 26.9. The Morgan fingerprint density at radius 1 is 1.00 bits per heavy atom. The van der Waals surface area contributed by atoms with E-state index < -0.39 is 23.3 Å². The average Bonchev–Trinajstić information content (AvgIpc) is 2.87. The number of nitro benzene ring substituents is 1. The van der Waals surface area contributed by atoms with Gasteiger partial charge in [0.2, 0.25) is 0 Å². The second-order valence-corrected chi connectivity index (χ2v) is 15.2. The Hall–Kier alpha value is -2.15. The highest BCUT2D eigenvalue weighted by molar-refractivity contribution is 7.89. The molecule has 0 fully saturated rings. The summed E-state index contributed by atoms with van der Waals surface area (Å²) in [6.07, 6.45) is 11.1. The minimum absolute atomic E-state index is 0.0369. The smallest absolute Gasteiger partial charge is 0.271 e. The molecule has 202 valence electrons. The van der Waals surface area contributed by atoms with Crippen LogP contribution in [0, 0.1) is 22.1 Å². The molecular weight excluding hydrogens is 492 g/mol. The highest BCUT2D eigenvalue weighted by atomic mass is 32.2. The first-order chi connectivity index (χ1) is 17.3. The van der Waals surface area contributed by atoms with Gasteiger partial charge in [0.15, 0.2) is 8.32 Å². The summed E-state index contributed by atoms with van der Waals surface area (Å²) < 4.78 is 33.6. The summed E-state index contributed by atoms with van der Waals surface area (Å²) in [6, 6.07) is 11.3. The second kappa shape index (κ2) is 17.3. The number of non-ortho nitro benzene ring substituents is 1. The highest BCUT2D eigenvalue weighted by Crippen LogP contribution is 2.30. The van der Waals surface area contributed by atoms with Crippen molar-refractivity contribution in [2.45, 2.75) is 102 Å². The normalized spacial score (nSPS) is 11.5. The summed E-state index contributed by atoms with van der Waals surface area (Å²) >= 11 is 0. The molecule has 9 heteroatoms. The van der Waals surface area contributed by atoms with Crippen LogP contribution in [0.25, 0.3) is 0 Å². The minimum Gasteiger partial charge on any atom is -0.417 e. The third kappa shape index (κ3) is 10.9. The molecule has 36 heavy (non-hydrogen) atoms. The molecule has 0 bridgehead atoms. The Morgan fingerprint density at radius 2 is 1.56 bits per heavy atom. The third-order valence-corrected chi connectivity index (χ3v) is 12.5. The van der Waals surface area contributed by atoms with E-state index in [-0.39, 0.29) is 17.1 Å². The molecule has 1 aromatic rings. The molecule has 0 amide bonds. The van der Waals surface area contributed by atoms with Gasteiger partial charge in [-0.1, -0.05) is 71.3 Å². The maximum Gasteiger partial charge on any atom is 0.271 e. The predicted octanol–water partition coefficient (Wildman–Crippen LogP) is 7.27. The van der Waals surface area contributed by atoms with E-state index in [9.17, 15) is 18.5 Å². The van der Waals surface area contributed by atoms with Gasteiger partial charge in [-0.15, -0.1) is 6.58 Å². The summed E-state index contributed by atoms with van der Waals surface area (Å²) in [6.45, 7) is 11.1. The highest BCUT2D eigenvalue weighted by Gasteiger charge is 2.32. The molecule has 0 radical (unpaired) electrons. The Kier molecular flexibility index (Phi) is 15.3. The molecular formula is C27H44N2O5SSi. The fourth-order valence-electron chi connectivity index (χ4n) is 4.02. The van der Waals surface area contributed by atoms with E-state index in [0.717, 1.165) is 23.8 Å². The van der Waals surface area contributed by atoms with E-state index in [1.165, 1.54) is 87.0 Å². The lowest BCUT2D eigenvalue weighted by atomic mass is 10.2. The van der Waals surface area contributed by atoms with Gasteiger partial charge in [0.1, 0.15) is 0 Å². The molecule has 0 aromatic heterocycles. The van der Waals surface area contributed by atoms with Gasteiger partial charge in [0, 0.05) is 31.2 Å². The molecule has 0 aliphatic carbocycles. The first-order valence-electron chi connectivity index (χ1n) is 13.3. The fraction of sp³-hybridized carbons (Fsp3) is 0.630. The van der Waals surface area contributed by atoms with E-state index in [1.807, 2.05) is 0 Å². The number of hydrogen-bond acceptors (Lipinski definition) is 5. The number of hydrogen-bond donors (Lipinski definition) is 0. The van der Waals surface area contributed by atoms with Crippen molar-refractivity contribution in [2.75, 3.05) is 13.2 Å². The van der Waals surface area contributed by atoms with Gasteiger partial charge in [0.25, 0.3) is 15.7 Å². The van der Waals surface area contributed by atoms with Crippen molar-refractivity contribution < 1.29 is 17.8 Å². The number of unbranched alkanes of at least 4 members (excludes halogenated alkanes) is 5. The van der Waals surface area contributed by atoms with Crippen LogP contribution in [0.3, 0.4) is 0 Å². The average molecular weight is 537 g/mol. The lowest BCUT2D eigenvalue weighted by molar-refractivity contribution is -0.384. The SMILES string of the molecule is C=CCN(C#CCCCCO[Si](CCCC)(CCCC)CCCC)S(=O)(=O)c1ccc([N+](=O)[O-])cc1. The quantitative estimate of drug-likeness (QED) is 0.0353. The van der Waals surface area contributed by atoms with Crippen molar-refractivity contribution >= 4 is 24.0 Å². The molecule has 0 aliphatic heterocycles. The molecule has 0 unspecified atom stereocenters. The van der Waals surface area contributed by atoms with Gasteiger partial charge in [-0.3, -0.25) is 10.1 Å². The minimum atomic E-state index is -3.90. The molecule has 0 saturated carbocycles. The third-order valence-electron chi connectivity index (χ3n) is 6.20. The molecule has 0 atom stereocenters. The Morgan fingerprint density at radius 3 is 2.03 bits per heavy atom. The van der Waals surface area contributed by atoms with E-state index in [0.29, 0.717) is 6.42 Å². The van der Waals surface area contributed by atoms with Gasteiger partial charge in [0.05, 0.1) is 16.4 Å². The first kappa shape index (κ1) is 31.9. The van der Waals surface area contributed by atoms with Gasteiger partial charge in [-0.2, -0.15) is 0 Å². The second-order valence-electron chi connectivity index (χ2n) is 9.16. The molecule has 0 saturated heterocycles. The predicted molar refractivity (Wildman–Crippen MR) is 150 cm³/mol. The van der Waals surface area contributed by atoms with Crippen LogP contribution in [0.4, 0.5) is 5.69 Å². The van der Waals surface area contributed by atoms with Crippen LogP contribution in [-0.2, 0) is 14.4 Å². The molecule has 1 rings (SSSR count). The number of benzene rings is 1. The van der Waals surface area contributed by atoms with Crippen LogP contribution < -0.4 is 0 Å². The number of sulfonamides is 1. The standard InChI is InChI=1S/C27H44N2O5SSi/c1-5-9-23-36(24-10-6-2,25-11-7-3)34-22-15-13-12-14-21-28(20-8-4)35(32,33)27-18-16-26(17-19-27)29(30)31/h8,16-19H,4-7,9-13,15,20,22-25H2,1-3H3. The van der Waals surface area contributed by atoms with Crippen LogP contribution in [0.5, 0.6) is 0 Å². The topological polar surface area (TPSA) is 89.8 Å². The van der Waals surface area contributed by atoms with Crippen LogP contribution in [0.1, 0.15) is 78.6 Å². The fourth-order valence-corrected chi connectivity index (χ4v) is 10.00. The largest absolute Gasteiger partial charge is 0.417 e. The van der Waals surface area contributed by atoms with E-state index >= 15 is 0 Å². The van der Waals surface area contributed by atoms with Crippen molar-refractivity contribution in [3.8, 4) is 12.0 Å². The van der Waals surface area contributed by atoms with E-state index in [2.05, 4.69) is 39.3 Å². The zero-order valence-electron chi connectivity index (χ0n) is 22.3. The van der Waals surface area contributed by atoms with Crippen molar-refractivity contribution in [1.82, 2.24) is 4.31 Å². The van der Waals surface area contributed by atoms with Crippen LogP contribution in [0.2, 0.25) is 18.1 Å². The summed E-state index contributed by atoms with van der Waals surface area (Å²) in [7, 11) is -5.61. The molecule has 0 heterocycles. The van der Waals surface area contributed by atoms with Gasteiger partial charge >= 0.3 is 0 Å². The van der Waals surface area contributed by atoms with Crippen molar-refractivity contribution in [1.29, 1.82) is 0 Å². The molecule has 1 aromatic carbocycles. The number of nitrogens with zero attached hydrogens (tertiary/aromatic N) is 2. The van der Waals surface area contributed by atoms with Crippen LogP contribution >= 0.6 is 0 Å². The molecule has 0 spiro atoms. The van der Waals surface area contributed by atoms with Gasteiger partial charge in [-0.25, -0.2) is 12.7 Å². The summed E-state index contributed by atoms with van der Waals surface area (Å²) in [5, 5.41) is 10.8. The van der Waals surface area contributed by atoms with Crippen molar-refractivity contribution in [2.24, 2.45) is 0 Å². The number of nitro groups is 1. The summed E-state index contributed by atoms with van der Waals surface area (Å²) in [5.41, 5.74) is -0.163. The zero-order valence-corrected chi connectivity index (χ0v) is 24.2. The van der Waals surface area contributed by atoms with Crippen LogP contribution in [-0.4, -0.2) is 39.1 Å². The van der Waals surface area contributed by atoms with Gasteiger partial charge in [-0.05, 0) is 43.1 Å². The molecule has 7 nitrogen and oxygen atoms in total. The van der Waals surface area contributed by atoms with Gasteiger partial charge < -0.3 is 4.43 Å². The van der Waals surface area contributed by atoms with Crippen LogP contribution in [0.15, 0.2) is 41.8 Å². The maximum atomic E-state index is 12.9.